The van der Waals surface area contributed by atoms with Crippen LogP contribution in [0.2, 0.25) is 0 Å². The fourth-order valence-corrected chi connectivity index (χ4v) is 2.97. The largest absolute Gasteiger partial charge is 0.496 e. The van der Waals surface area contributed by atoms with Crippen molar-refractivity contribution in [1.29, 1.82) is 0 Å². The molecule has 0 fully saturated rings. The van der Waals surface area contributed by atoms with Crippen LogP contribution in [-0.2, 0) is 20.9 Å². The number of carbonyl (C=O) groups is 2. The lowest BCUT2D eigenvalue weighted by molar-refractivity contribution is -0.134. The van der Waals surface area contributed by atoms with Gasteiger partial charge in [-0.3, -0.25) is 4.68 Å². The highest BCUT2D eigenvalue weighted by molar-refractivity contribution is 5.89. The Morgan fingerprint density at radius 3 is 2.52 bits per heavy atom. The third kappa shape index (κ3) is 4.73. The van der Waals surface area contributed by atoms with Gasteiger partial charge in [0.05, 0.1) is 25.2 Å². The molecule has 0 radical (unpaired) electrons. The average Bonchev–Trinajstić information content (AvgIpc) is 3.14. The Morgan fingerprint density at radius 2 is 2.00 bits per heavy atom. The molecule has 0 saturated carbocycles. The molecule has 0 amide bonds. The molecule has 27 heavy (non-hydrogen) atoms. The third-order valence-electron chi connectivity index (χ3n) is 4.05. The number of ether oxygens (including phenoxy) is 1. The monoisotopic (exact) mass is 373 g/mol. The number of carboxylic acid groups (broad SMARTS) is 2. The SMILES string of the molecule is COC1=C2C=c3c(cnn3CC(C)N)=C2C(C)C=C1.O=C(O)C=CC(=O)O. The predicted molar refractivity (Wildman–Crippen MR) is 99.8 cm³/mol. The summed E-state index contributed by atoms with van der Waals surface area (Å²) in [5.74, 6) is -1.20. The van der Waals surface area contributed by atoms with Crippen molar-refractivity contribution in [2.45, 2.75) is 26.4 Å². The van der Waals surface area contributed by atoms with Crippen molar-refractivity contribution < 1.29 is 24.5 Å². The maximum Gasteiger partial charge on any atom is 0.328 e. The van der Waals surface area contributed by atoms with Crippen molar-refractivity contribution in [3.05, 3.63) is 52.4 Å². The molecule has 0 aliphatic heterocycles. The number of nitrogens with two attached hydrogens (primary N) is 1. The van der Waals surface area contributed by atoms with Gasteiger partial charge >= 0.3 is 11.9 Å². The van der Waals surface area contributed by atoms with Crippen LogP contribution in [0, 0.1) is 5.92 Å². The maximum absolute atomic E-state index is 9.55. The smallest absolute Gasteiger partial charge is 0.328 e. The number of nitrogens with zero attached hydrogens (tertiary/aromatic N) is 2. The van der Waals surface area contributed by atoms with Crippen molar-refractivity contribution in [2.24, 2.45) is 11.7 Å². The number of carboxylic acids is 2. The fraction of sp³-hybridized carbons (Fsp3) is 0.316. The number of fused-ring (bicyclic) bond motifs is 2. The van der Waals surface area contributed by atoms with E-state index in [0.717, 1.165) is 17.7 Å². The molecular weight excluding hydrogens is 350 g/mol. The van der Waals surface area contributed by atoms with Crippen LogP contribution in [0.1, 0.15) is 13.8 Å². The summed E-state index contributed by atoms with van der Waals surface area (Å²) < 4.78 is 7.45. The van der Waals surface area contributed by atoms with E-state index < -0.39 is 11.9 Å². The standard InChI is InChI=1S/C15H19N3O.C4H4O4/c1-9-4-5-14(19-3)11-6-13-12(15(9)11)7-17-18(13)8-10(2)16;5-3(6)1-2-4(7)8/h4-7,9-10H,8,16H2,1-3H3;1-2H,(H,5,6)(H,7,8). The summed E-state index contributed by atoms with van der Waals surface area (Å²) in [5, 5.41) is 22.4. The zero-order valence-electron chi connectivity index (χ0n) is 15.4. The summed E-state index contributed by atoms with van der Waals surface area (Å²) in [6.45, 7) is 4.92. The molecule has 2 atom stereocenters. The number of hydrogen-bond acceptors (Lipinski definition) is 5. The number of allylic oxidation sites excluding steroid dienone is 3. The van der Waals surface area contributed by atoms with Gasteiger partial charge in [-0.05, 0) is 24.6 Å². The van der Waals surface area contributed by atoms with E-state index in [4.69, 9.17) is 20.7 Å². The van der Waals surface area contributed by atoms with Gasteiger partial charge in [-0.25, -0.2) is 9.59 Å². The molecule has 8 nitrogen and oxygen atoms in total. The number of aliphatic carboxylic acids is 2. The lowest BCUT2D eigenvalue weighted by atomic mass is 9.90. The lowest BCUT2D eigenvalue weighted by Gasteiger charge is -2.18. The zero-order valence-corrected chi connectivity index (χ0v) is 15.4. The van der Waals surface area contributed by atoms with Crippen LogP contribution < -0.4 is 16.3 Å². The highest BCUT2D eigenvalue weighted by Gasteiger charge is 2.24. The van der Waals surface area contributed by atoms with Gasteiger partial charge in [0.1, 0.15) is 5.76 Å². The zero-order chi connectivity index (χ0) is 20.1. The third-order valence-corrected chi connectivity index (χ3v) is 4.05. The first-order valence-corrected chi connectivity index (χ1v) is 8.38. The molecule has 0 aromatic carbocycles. The topological polar surface area (TPSA) is 128 Å². The van der Waals surface area contributed by atoms with Crippen molar-refractivity contribution >= 4 is 23.6 Å². The molecule has 8 heteroatoms. The minimum absolute atomic E-state index is 0.0939. The van der Waals surface area contributed by atoms with Crippen molar-refractivity contribution in [2.75, 3.05) is 7.11 Å². The Balaban J connectivity index is 0.000000279. The van der Waals surface area contributed by atoms with E-state index in [2.05, 4.69) is 30.3 Å². The van der Waals surface area contributed by atoms with E-state index in [0.29, 0.717) is 18.1 Å². The molecule has 3 rings (SSSR count). The molecule has 0 bridgehead atoms. The molecule has 144 valence electrons. The Labute approximate surface area is 156 Å². The van der Waals surface area contributed by atoms with Gasteiger partial charge in [-0.1, -0.05) is 13.0 Å². The minimum Gasteiger partial charge on any atom is -0.496 e. The Morgan fingerprint density at radius 1 is 1.37 bits per heavy atom. The normalized spacial score (nSPS) is 18.4. The quantitative estimate of drug-likeness (QED) is 0.620. The van der Waals surface area contributed by atoms with Crippen LogP contribution >= 0.6 is 0 Å². The molecular formula is C19H23N3O5. The summed E-state index contributed by atoms with van der Waals surface area (Å²) >= 11 is 0. The second-order valence-electron chi connectivity index (χ2n) is 6.30. The van der Waals surface area contributed by atoms with Crippen LogP contribution in [0.3, 0.4) is 0 Å². The average molecular weight is 373 g/mol. The summed E-state index contributed by atoms with van der Waals surface area (Å²) in [7, 11) is 1.71. The number of rotatable bonds is 5. The van der Waals surface area contributed by atoms with Crippen molar-refractivity contribution in [1.82, 2.24) is 9.78 Å². The Bertz CT molecular complexity index is 934. The van der Waals surface area contributed by atoms with Gasteiger partial charge < -0.3 is 20.7 Å². The van der Waals surface area contributed by atoms with Gasteiger partial charge in [-0.15, -0.1) is 0 Å². The molecule has 4 N–H and O–H groups in total. The van der Waals surface area contributed by atoms with E-state index in [1.165, 1.54) is 16.4 Å². The van der Waals surface area contributed by atoms with Crippen molar-refractivity contribution in [3.63, 3.8) is 0 Å². The highest BCUT2D eigenvalue weighted by atomic mass is 16.5. The summed E-state index contributed by atoms with van der Waals surface area (Å²) in [5.41, 5.74) is 8.37. The second-order valence-corrected chi connectivity index (χ2v) is 6.30. The first-order valence-electron chi connectivity index (χ1n) is 8.38. The van der Waals surface area contributed by atoms with Crippen molar-refractivity contribution in [3.8, 4) is 0 Å². The van der Waals surface area contributed by atoms with Crippen LogP contribution in [0.4, 0.5) is 0 Å². The van der Waals surface area contributed by atoms with Gasteiger partial charge in [0.25, 0.3) is 0 Å². The molecule has 0 spiro atoms. The number of hydrogen-bond donors (Lipinski definition) is 3. The second kappa shape index (κ2) is 8.50. The lowest BCUT2D eigenvalue weighted by Crippen LogP contribution is -2.33. The van der Waals surface area contributed by atoms with Gasteiger partial charge in [0.2, 0.25) is 0 Å². The van der Waals surface area contributed by atoms with E-state index in [-0.39, 0.29) is 6.04 Å². The summed E-state index contributed by atoms with van der Waals surface area (Å²) in [6.07, 6.45) is 9.45. The van der Waals surface area contributed by atoms with Crippen LogP contribution in [-0.4, -0.2) is 45.1 Å². The van der Waals surface area contributed by atoms with Gasteiger partial charge in [-0.2, -0.15) is 5.10 Å². The van der Waals surface area contributed by atoms with E-state index >= 15 is 0 Å². The van der Waals surface area contributed by atoms with Crippen LogP contribution in [0.15, 0.2) is 41.8 Å². The number of aromatic nitrogens is 2. The van der Waals surface area contributed by atoms with Gasteiger partial charge in [0.15, 0.2) is 0 Å². The molecule has 1 heterocycles. The Hall–Kier alpha value is -3.13. The van der Waals surface area contributed by atoms with E-state index in [1.807, 2.05) is 17.8 Å². The molecule has 0 saturated heterocycles. The first kappa shape index (κ1) is 20.2. The van der Waals surface area contributed by atoms with E-state index in [9.17, 15) is 9.59 Å². The Kier molecular flexibility index (Phi) is 6.36. The molecule has 2 aliphatic rings. The molecule has 1 aromatic heterocycles. The highest BCUT2D eigenvalue weighted by Crippen LogP contribution is 2.32. The molecule has 2 unspecified atom stereocenters. The predicted octanol–water partition coefficient (Wildman–Crippen LogP) is -0.00670. The van der Waals surface area contributed by atoms with Gasteiger partial charge in [0, 0.05) is 34.9 Å². The summed E-state index contributed by atoms with van der Waals surface area (Å²) in [4.78, 5) is 19.1. The first-order chi connectivity index (χ1) is 12.7. The van der Waals surface area contributed by atoms with Crippen LogP contribution in [0.5, 0.6) is 0 Å². The summed E-state index contributed by atoms with van der Waals surface area (Å²) in [6, 6.07) is 0.0939. The fourth-order valence-electron chi connectivity index (χ4n) is 2.97. The van der Waals surface area contributed by atoms with E-state index in [1.54, 1.807) is 7.11 Å². The molecule has 1 aromatic rings. The van der Waals surface area contributed by atoms with Crippen LogP contribution in [0.25, 0.3) is 11.6 Å². The maximum atomic E-state index is 9.55. The number of methoxy groups -OCH3 is 1. The molecule has 2 aliphatic carbocycles. The minimum atomic E-state index is -1.26.